The minimum Gasteiger partial charge on any atom is -0.290 e. The van der Waals surface area contributed by atoms with E-state index in [9.17, 15) is 4.79 Å². The molecule has 0 aromatic heterocycles. The fraction of sp³-hybridized carbons (Fsp3) is 0.222. The molecule has 14 heavy (non-hydrogen) atoms. The molecule has 2 nitrogen and oxygen atoms in total. The van der Waals surface area contributed by atoms with Gasteiger partial charge in [0.15, 0.2) is 0 Å². The van der Waals surface area contributed by atoms with Crippen LogP contribution in [0.25, 0.3) is 0 Å². The van der Waals surface area contributed by atoms with Gasteiger partial charge >= 0.3 is 0 Å². The number of hydrogen-bond donors (Lipinski definition) is 1. The van der Waals surface area contributed by atoms with Crippen molar-refractivity contribution in [2.75, 3.05) is 10.7 Å². The van der Waals surface area contributed by atoms with Crippen LogP contribution in [-0.4, -0.2) is 16.4 Å². The summed E-state index contributed by atoms with van der Waals surface area (Å²) < 4.78 is 1.13. The summed E-state index contributed by atoms with van der Waals surface area (Å²) >= 11 is 8.14. The largest absolute Gasteiger partial charge is 0.290 e. The van der Waals surface area contributed by atoms with E-state index in [1.807, 2.05) is 24.3 Å². The summed E-state index contributed by atoms with van der Waals surface area (Å²) in [5.41, 5.74) is 0.931. The van der Waals surface area contributed by atoms with Crippen molar-refractivity contribution in [1.82, 2.24) is 0 Å². The van der Waals surface area contributed by atoms with Crippen LogP contribution in [0.15, 0.2) is 24.3 Å². The van der Waals surface area contributed by atoms with Crippen molar-refractivity contribution in [3.63, 3.8) is 0 Å². The average molecular weight is 337 g/mol. The number of thioether (sulfide) groups is 1. The molecule has 1 atom stereocenters. The van der Waals surface area contributed by atoms with E-state index in [4.69, 9.17) is 0 Å². The van der Waals surface area contributed by atoms with E-state index in [-0.39, 0.29) is 10.6 Å². The highest BCUT2D eigenvalue weighted by molar-refractivity contribution is 14.1. The average Bonchev–Trinajstić information content (AvgIpc) is 2.49. The Bertz CT molecular complexity index is 354. The Morgan fingerprint density at radius 3 is 2.57 bits per heavy atom. The van der Waals surface area contributed by atoms with Gasteiger partial charge in [0.25, 0.3) is 0 Å². The maximum atomic E-state index is 11.5. The summed E-state index contributed by atoms with van der Waals surface area (Å²) in [6.45, 7) is 0. The highest BCUT2D eigenvalue weighted by Gasteiger charge is 2.29. The summed E-state index contributed by atoms with van der Waals surface area (Å²) in [7, 11) is 0. The molecule has 0 bridgehead atoms. The first-order chi connectivity index (χ1) is 6.68. The molecule has 0 spiro atoms. The van der Waals surface area contributed by atoms with E-state index in [0.29, 0.717) is 5.75 Å². The number of thiol groups is 1. The summed E-state index contributed by atoms with van der Waals surface area (Å²) in [6, 6.07) is 7.89. The molecule has 2 rings (SSSR count). The van der Waals surface area contributed by atoms with Crippen molar-refractivity contribution in [3.05, 3.63) is 27.8 Å². The van der Waals surface area contributed by atoms with Crippen molar-refractivity contribution in [2.24, 2.45) is 0 Å². The zero-order valence-corrected chi connectivity index (χ0v) is 11.1. The van der Waals surface area contributed by atoms with Crippen LogP contribution in [0, 0.1) is 3.57 Å². The van der Waals surface area contributed by atoms with Gasteiger partial charge in [0, 0.05) is 9.26 Å². The van der Waals surface area contributed by atoms with Gasteiger partial charge < -0.3 is 0 Å². The Kier molecular flexibility index (Phi) is 3.28. The lowest BCUT2D eigenvalue weighted by Crippen LogP contribution is -2.29. The van der Waals surface area contributed by atoms with Crippen molar-refractivity contribution >= 4 is 58.6 Å². The van der Waals surface area contributed by atoms with Gasteiger partial charge in [-0.25, -0.2) is 0 Å². The van der Waals surface area contributed by atoms with E-state index in [1.54, 1.807) is 16.7 Å². The predicted octanol–water partition coefficient (Wildman–Crippen LogP) is 2.58. The lowest BCUT2D eigenvalue weighted by molar-refractivity contribution is -0.115. The summed E-state index contributed by atoms with van der Waals surface area (Å²) in [5.74, 6) is 0.663. The Hall–Kier alpha value is 0.120. The fourth-order valence-electron chi connectivity index (χ4n) is 1.29. The van der Waals surface area contributed by atoms with Crippen LogP contribution in [0.4, 0.5) is 5.69 Å². The van der Waals surface area contributed by atoms with Crippen LogP contribution in [0.2, 0.25) is 0 Å². The van der Waals surface area contributed by atoms with Gasteiger partial charge in [-0.05, 0) is 46.9 Å². The molecular formula is C9H8INOS2. The number of carbonyl (C=O) groups excluding carboxylic acids is 1. The first kappa shape index (κ1) is 10.6. The second-order valence-corrected chi connectivity index (χ2v) is 6.03. The Labute approximate surface area is 106 Å². The van der Waals surface area contributed by atoms with Gasteiger partial charge in [0.1, 0.15) is 4.71 Å². The predicted molar refractivity (Wildman–Crippen MR) is 71.9 cm³/mol. The molecule has 1 heterocycles. The highest BCUT2D eigenvalue weighted by atomic mass is 127. The Morgan fingerprint density at radius 2 is 2.07 bits per heavy atom. The zero-order chi connectivity index (χ0) is 10.1. The third-order valence-electron chi connectivity index (χ3n) is 1.95. The van der Waals surface area contributed by atoms with E-state index in [0.717, 1.165) is 5.69 Å². The molecule has 0 saturated carbocycles. The first-order valence-corrected chi connectivity index (χ1v) is 6.70. The molecule has 1 aromatic carbocycles. The summed E-state index contributed by atoms with van der Waals surface area (Å²) in [5, 5.41) is 0. The zero-order valence-electron chi connectivity index (χ0n) is 7.18. The van der Waals surface area contributed by atoms with Crippen LogP contribution in [0.1, 0.15) is 0 Å². The van der Waals surface area contributed by atoms with Gasteiger partial charge in [0.05, 0.1) is 5.75 Å². The van der Waals surface area contributed by atoms with E-state index in [1.165, 1.54) is 3.57 Å². The number of hydrogen-bond acceptors (Lipinski definition) is 3. The van der Waals surface area contributed by atoms with E-state index in [2.05, 4.69) is 35.2 Å². The number of halogens is 1. The first-order valence-electron chi connectivity index (χ1n) is 4.06. The van der Waals surface area contributed by atoms with E-state index >= 15 is 0 Å². The quantitative estimate of drug-likeness (QED) is 0.628. The van der Waals surface area contributed by atoms with Crippen LogP contribution < -0.4 is 4.90 Å². The third-order valence-corrected chi connectivity index (χ3v) is 4.27. The second-order valence-electron chi connectivity index (χ2n) is 2.88. The topological polar surface area (TPSA) is 20.3 Å². The molecular weight excluding hydrogens is 329 g/mol. The number of rotatable bonds is 1. The number of benzene rings is 1. The van der Waals surface area contributed by atoms with Crippen LogP contribution in [0.3, 0.4) is 0 Å². The molecule has 1 fully saturated rings. The number of amides is 1. The standard InChI is InChI=1S/C9H8INOS2/c10-6-1-3-7(4-2-6)11-8(12)5-14-9(11)13/h1-4,9,13H,5H2. The summed E-state index contributed by atoms with van der Waals surface area (Å²) in [6.07, 6.45) is 0. The van der Waals surface area contributed by atoms with Crippen LogP contribution in [0.5, 0.6) is 0 Å². The van der Waals surface area contributed by atoms with Gasteiger partial charge in [-0.3, -0.25) is 9.69 Å². The van der Waals surface area contributed by atoms with Gasteiger partial charge in [-0.2, -0.15) is 0 Å². The lowest BCUT2D eigenvalue weighted by Gasteiger charge is -2.19. The molecule has 0 radical (unpaired) electrons. The lowest BCUT2D eigenvalue weighted by atomic mass is 10.3. The highest BCUT2D eigenvalue weighted by Crippen LogP contribution is 2.32. The summed E-state index contributed by atoms with van der Waals surface area (Å²) in [4.78, 5) is 13.3. The minimum absolute atomic E-state index is 0.0393. The van der Waals surface area contributed by atoms with Crippen molar-refractivity contribution in [1.29, 1.82) is 0 Å². The maximum Gasteiger partial charge on any atom is 0.238 e. The normalized spacial score (nSPS) is 21.7. The van der Waals surface area contributed by atoms with Gasteiger partial charge in [-0.1, -0.05) is 0 Å². The van der Waals surface area contributed by atoms with Crippen LogP contribution >= 0.6 is 47.0 Å². The Morgan fingerprint density at radius 1 is 1.43 bits per heavy atom. The van der Waals surface area contributed by atoms with Crippen LogP contribution in [-0.2, 0) is 4.79 Å². The molecule has 1 amide bonds. The molecule has 74 valence electrons. The molecule has 5 heteroatoms. The number of anilines is 1. The third kappa shape index (κ3) is 2.04. The molecule has 1 aromatic rings. The number of carbonyl (C=O) groups is 1. The SMILES string of the molecule is O=C1CSC(S)N1c1ccc(I)cc1. The fourth-order valence-corrected chi connectivity index (χ4v) is 2.95. The monoisotopic (exact) mass is 337 g/mol. The van der Waals surface area contributed by atoms with Crippen molar-refractivity contribution in [3.8, 4) is 0 Å². The van der Waals surface area contributed by atoms with Crippen molar-refractivity contribution < 1.29 is 4.79 Å². The molecule has 1 aliphatic heterocycles. The molecule has 1 aliphatic rings. The second kappa shape index (κ2) is 4.32. The molecule has 1 unspecified atom stereocenters. The molecule has 0 N–H and O–H groups in total. The van der Waals surface area contributed by atoms with E-state index < -0.39 is 0 Å². The van der Waals surface area contributed by atoms with Gasteiger partial charge in [0.2, 0.25) is 5.91 Å². The smallest absolute Gasteiger partial charge is 0.238 e. The molecule has 0 aliphatic carbocycles. The van der Waals surface area contributed by atoms with Gasteiger partial charge in [-0.15, -0.1) is 24.4 Å². The van der Waals surface area contributed by atoms with Crippen molar-refractivity contribution in [2.45, 2.75) is 4.71 Å². The molecule has 1 saturated heterocycles. The maximum absolute atomic E-state index is 11.5. The number of nitrogens with zero attached hydrogens (tertiary/aromatic N) is 1. The Balaban J connectivity index is 2.30. The minimum atomic E-state index is -0.0393.